The summed E-state index contributed by atoms with van der Waals surface area (Å²) in [5.74, 6) is -0.628. The van der Waals surface area contributed by atoms with Gasteiger partial charge in [-0.25, -0.2) is 9.36 Å². The number of para-hydroxylation sites is 1. The fraction of sp³-hybridized carbons (Fsp3) is 0.0435. The molecule has 0 fully saturated rings. The van der Waals surface area contributed by atoms with E-state index in [4.69, 9.17) is 14.9 Å². The van der Waals surface area contributed by atoms with Gasteiger partial charge in [0.1, 0.15) is 23.6 Å². The topological polar surface area (TPSA) is 103 Å². The fourth-order valence-corrected chi connectivity index (χ4v) is 3.43. The predicted octanol–water partition coefficient (Wildman–Crippen LogP) is 3.93. The number of ether oxygens (including phenoxy) is 1. The summed E-state index contributed by atoms with van der Waals surface area (Å²) in [5, 5.41) is 0.825. The summed E-state index contributed by atoms with van der Waals surface area (Å²) in [6, 6.07) is 22.0. The summed E-state index contributed by atoms with van der Waals surface area (Å²) in [6.45, 7) is 0.441. The Kier molecular flexibility index (Phi) is 4.14. The molecule has 0 saturated heterocycles. The van der Waals surface area contributed by atoms with Crippen LogP contribution >= 0.6 is 0 Å². The van der Waals surface area contributed by atoms with E-state index in [1.807, 2.05) is 48.5 Å². The zero-order valence-electron chi connectivity index (χ0n) is 15.8. The fourth-order valence-electron chi connectivity index (χ4n) is 3.43. The standard InChI is InChI=1S/C23H17N3O4/c24-17-7-4-8-20-21(17)30-23(28)26(20)22(27)19-11-15-9-10-16(12-18(15)25-19)29-13-14-5-2-1-3-6-14/h1-12,25H,13,24H2. The molecule has 0 amide bonds. The maximum absolute atomic E-state index is 13.0. The molecule has 5 rings (SSSR count). The van der Waals surface area contributed by atoms with Crippen LogP contribution in [0.5, 0.6) is 5.75 Å². The first-order chi connectivity index (χ1) is 14.6. The van der Waals surface area contributed by atoms with E-state index in [2.05, 4.69) is 4.98 Å². The number of fused-ring (bicyclic) bond motifs is 2. The molecule has 3 N–H and O–H groups in total. The van der Waals surface area contributed by atoms with Gasteiger partial charge in [0.15, 0.2) is 5.58 Å². The zero-order chi connectivity index (χ0) is 20.7. The number of benzene rings is 3. The summed E-state index contributed by atoms with van der Waals surface area (Å²) in [4.78, 5) is 28.4. The van der Waals surface area contributed by atoms with E-state index in [1.54, 1.807) is 24.3 Å². The van der Waals surface area contributed by atoms with Crippen molar-refractivity contribution in [2.75, 3.05) is 5.73 Å². The van der Waals surface area contributed by atoms with E-state index in [0.29, 0.717) is 23.6 Å². The number of hydrogen-bond acceptors (Lipinski definition) is 5. The van der Waals surface area contributed by atoms with Crippen LogP contribution in [0.15, 0.2) is 82.0 Å². The van der Waals surface area contributed by atoms with Crippen LogP contribution in [-0.4, -0.2) is 15.5 Å². The second-order valence-electron chi connectivity index (χ2n) is 6.91. The van der Waals surface area contributed by atoms with Gasteiger partial charge in [-0.15, -0.1) is 0 Å². The van der Waals surface area contributed by atoms with E-state index in [1.165, 1.54) is 0 Å². The third-order valence-electron chi connectivity index (χ3n) is 4.91. The minimum atomic E-state index is -0.779. The molecule has 0 spiro atoms. The Morgan fingerprint density at radius 2 is 1.87 bits per heavy atom. The number of carbonyl (C=O) groups excluding carboxylic acids is 1. The Morgan fingerprint density at radius 1 is 1.03 bits per heavy atom. The lowest BCUT2D eigenvalue weighted by molar-refractivity contribution is 0.0952. The number of anilines is 1. The Morgan fingerprint density at radius 3 is 2.70 bits per heavy atom. The number of nitrogens with two attached hydrogens (primary N) is 1. The molecular weight excluding hydrogens is 382 g/mol. The maximum Gasteiger partial charge on any atom is 0.427 e. The van der Waals surface area contributed by atoms with Gasteiger partial charge in [-0.3, -0.25) is 4.79 Å². The van der Waals surface area contributed by atoms with Crippen molar-refractivity contribution in [2.45, 2.75) is 6.61 Å². The number of aromatic nitrogens is 2. The number of rotatable bonds is 4. The summed E-state index contributed by atoms with van der Waals surface area (Å²) >= 11 is 0. The van der Waals surface area contributed by atoms with Crippen LogP contribution in [0.1, 0.15) is 16.1 Å². The highest BCUT2D eigenvalue weighted by atomic mass is 16.5. The average Bonchev–Trinajstić information content (AvgIpc) is 3.33. The third kappa shape index (κ3) is 3.02. The number of nitrogens with one attached hydrogen (secondary N) is 1. The Bertz CT molecular complexity index is 1440. The van der Waals surface area contributed by atoms with Crippen molar-refractivity contribution in [2.24, 2.45) is 0 Å². The van der Waals surface area contributed by atoms with Gasteiger partial charge in [-0.1, -0.05) is 36.4 Å². The quantitative estimate of drug-likeness (QED) is 0.446. The second kappa shape index (κ2) is 6.97. The summed E-state index contributed by atoms with van der Waals surface area (Å²) in [6.07, 6.45) is 0. The number of carbonyl (C=O) groups is 1. The summed E-state index contributed by atoms with van der Waals surface area (Å²) in [7, 11) is 0. The molecule has 3 aromatic carbocycles. The minimum Gasteiger partial charge on any atom is -0.489 e. The van der Waals surface area contributed by atoms with E-state index in [-0.39, 0.29) is 11.3 Å². The molecule has 0 aliphatic heterocycles. The molecule has 7 nitrogen and oxygen atoms in total. The van der Waals surface area contributed by atoms with E-state index in [0.717, 1.165) is 21.0 Å². The highest BCUT2D eigenvalue weighted by Gasteiger charge is 2.20. The number of H-pyrrole nitrogens is 1. The second-order valence-corrected chi connectivity index (χ2v) is 6.91. The first-order valence-corrected chi connectivity index (χ1v) is 9.34. The highest BCUT2D eigenvalue weighted by Crippen LogP contribution is 2.24. The molecule has 2 heterocycles. The largest absolute Gasteiger partial charge is 0.489 e. The molecule has 0 unspecified atom stereocenters. The number of nitrogens with zero attached hydrogens (tertiary/aromatic N) is 1. The first-order valence-electron chi connectivity index (χ1n) is 9.34. The predicted molar refractivity (Wildman–Crippen MR) is 114 cm³/mol. The van der Waals surface area contributed by atoms with E-state index >= 15 is 0 Å². The molecule has 30 heavy (non-hydrogen) atoms. The first kappa shape index (κ1) is 17.8. The van der Waals surface area contributed by atoms with Gasteiger partial charge in [-0.05, 0) is 35.9 Å². The molecule has 0 aliphatic rings. The van der Waals surface area contributed by atoms with Crippen LogP contribution in [0, 0.1) is 0 Å². The normalized spacial score (nSPS) is 11.2. The number of oxazole rings is 1. The summed E-state index contributed by atoms with van der Waals surface area (Å²) in [5.41, 5.74) is 8.72. The van der Waals surface area contributed by atoms with Crippen molar-refractivity contribution in [1.82, 2.24) is 9.55 Å². The van der Waals surface area contributed by atoms with Gasteiger partial charge in [0, 0.05) is 17.0 Å². The zero-order valence-corrected chi connectivity index (χ0v) is 15.8. The number of hydrogen-bond donors (Lipinski definition) is 2. The lowest BCUT2D eigenvalue weighted by Gasteiger charge is -2.06. The molecule has 0 atom stereocenters. The summed E-state index contributed by atoms with van der Waals surface area (Å²) < 4.78 is 12.0. The van der Waals surface area contributed by atoms with Crippen molar-refractivity contribution in [1.29, 1.82) is 0 Å². The van der Waals surface area contributed by atoms with Crippen LogP contribution in [0.3, 0.4) is 0 Å². The molecule has 2 aromatic heterocycles. The van der Waals surface area contributed by atoms with Gasteiger partial charge < -0.3 is 19.9 Å². The van der Waals surface area contributed by atoms with Gasteiger partial charge >= 0.3 is 5.76 Å². The lowest BCUT2D eigenvalue weighted by atomic mass is 10.2. The van der Waals surface area contributed by atoms with E-state index < -0.39 is 11.7 Å². The lowest BCUT2D eigenvalue weighted by Crippen LogP contribution is -2.23. The van der Waals surface area contributed by atoms with Crippen LogP contribution < -0.4 is 16.2 Å². The Labute approximate surface area is 170 Å². The molecular formula is C23H17N3O4. The SMILES string of the molecule is Nc1cccc2c1oc(=O)n2C(=O)c1cc2ccc(OCc3ccccc3)cc2[nH]1. The highest BCUT2D eigenvalue weighted by molar-refractivity contribution is 6.03. The molecule has 7 heteroatoms. The van der Waals surface area contributed by atoms with Crippen molar-refractivity contribution < 1.29 is 13.9 Å². The van der Waals surface area contributed by atoms with Gasteiger partial charge in [-0.2, -0.15) is 0 Å². The van der Waals surface area contributed by atoms with Crippen LogP contribution in [0.2, 0.25) is 0 Å². The molecule has 5 aromatic rings. The Hall–Kier alpha value is -4.26. The van der Waals surface area contributed by atoms with Crippen LogP contribution in [0.25, 0.3) is 22.0 Å². The van der Waals surface area contributed by atoms with Crippen molar-refractivity contribution in [3.8, 4) is 5.75 Å². The van der Waals surface area contributed by atoms with Crippen LogP contribution in [0.4, 0.5) is 5.69 Å². The van der Waals surface area contributed by atoms with Crippen molar-refractivity contribution in [3.05, 3.63) is 94.6 Å². The molecule has 148 valence electrons. The molecule has 0 saturated carbocycles. The van der Waals surface area contributed by atoms with Crippen molar-refractivity contribution >= 4 is 33.6 Å². The van der Waals surface area contributed by atoms with Crippen molar-refractivity contribution in [3.63, 3.8) is 0 Å². The average molecular weight is 399 g/mol. The number of nitrogen functional groups attached to an aromatic ring is 1. The Balaban J connectivity index is 1.47. The van der Waals surface area contributed by atoms with E-state index in [9.17, 15) is 9.59 Å². The van der Waals surface area contributed by atoms with Crippen LogP contribution in [-0.2, 0) is 6.61 Å². The monoisotopic (exact) mass is 399 g/mol. The smallest absolute Gasteiger partial charge is 0.427 e. The third-order valence-corrected chi connectivity index (χ3v) is 4.91. The minimum absolute atomic E-state index is 0.198. The molecule has 0 aliphatic carbocycles. The van der Waals surface area contributed by atoms with Gasteiger partial charge in [0.05, 0.1) is 5.69 Å². The maximum atomic E-state index is 13.0. The molecule has 0 bridgehead atoms. The number of aromatic amines is 1. The van der Waals surface area contributed by atoms with Gasteiger partial charge in [0.2, 0.25) is 0 Å². The molecule has 0 radical (unpaired) electrons. The van der Waals surface area contributed by atoms with Gasteiger partial charge in [0.25, 0.3) is 5.91 Å².